The van der Waals surface area contributed by atoms with E-state index in [1.807, 2.05) is 60.0 Å². The van der Waals surface area contributed by atoms with Crippen molar-refractivity contribution in [2.24, 2.45) is 0 Å². The van der Waals surface area contributed by atoms with Gasteiger partial charge in [0.05, 0.1) is 10.6 Å². The minimum Gasteiger partial charge on any atom is -0.326 e. The second kappa shape index (κ2) is 9.44. The zero-order chi connectivity index (χ0) is 22.6. The van der Waals surface area contributed by atoms with Crippen LogP contribution in [0.5, 0.6) is 0 Å². The van der Waals surface area contributed by atoms with Crippen LogP contribution in [-0.2, 0) is 21.4 Å². The molecule has 0 atom stereocenters. The zero-order valence-corrected chi connectivity index (χ0v) is 18.9. The minimum atomic E-state index is -3.67. The number of benzene rings is 3. The van der Waals surface area contributed by atoms with Crippen LogP contribution in [0.3, 0.4) is 0 Å². The Labute approximate surface area is 191 Å². The van der Waals surface area contributed by atoms with Gasteiger partial charge in [-0.1, -0.05) is 54.6 Å². The summed E-state index contributed by atoms with van der Waals surface area (Å²) in [5, 5.41) is 5.56. The highest BCUT2D eigenvalue weighted by atomic mass is 32.2. The van der Waals surface area contributed by atoms with Crippen molar-refractivity contribution in [1.29, 1.82) is 0 Å². The van der Waals surface area contributed by atoms with E-state index in [-0.39, 0.29) is 17.3 Å². The number of aromatic nitrogens is 1. The average Bonchev–Trinajstić information content (AvgIpc) is 3.29. The van der Waals surface area contributed by atoms with Crippen LogP contribution in [0, 0.1) is 0 Å². The fourth-order valence-electron chi connectivity index (χ4n) is 3.10. The predicted molar refractivity (Wildman–Crippen MR) is 128 cm³/mol. The summed E-state index contributed by atoms with van der Waals surface area (Å²) in [5.41, 5.74) is 4.38. The molecule has 6 nitrogen and oxygen atoms in total. The van der Waals surface area contributed by atoms with Gasteiger partial charge in [-0.3, -0.25) is 4.79 Å². The Balaban J connectivity index is 1.41. The number of hydrogen-bond donors (Lipinski definition) is 2. The van der Waals surface area contributed by atoms with Crippen LogP contribution in [0.4, 0.5) is 5.69 Å². The van der Waals surface area contributed by atoms with Gasteiger partial charge in [0, 0.05) is 35.7 Å². The van der Waals surface area contributed by atoms with Crippen molar-refractivity contribution in [3.63, 3.8) is 0 Å². The van der Waals surface area contributed by atoms with E-state index >= 15 is 0 Å². The van der Waals surface area contributed by atoms with Crippen LogP contribution in [0.25, 0.3) is 21.8 Å². The zero-order valence-electron chi connectivity index (χ0n) is 17.3. The number of nitrogens with zero attached hydrogens (tertiary/aromatic N) is 1. The first kappa shape index (κ1) is 21.9. The highest BCUT2D eigenvalue weighted by Gasteiger charge is 2.14. The summed E-state index contributed by atoms with van der Waals surface area (Å²) in [4.78, 5) is 15.9. The van der Waals surface area contributed by atoms with Gasteiger partial charge in [0.25, 0.3) is 0 Å². The van der Waals surface area contributed by atoms with Crippen molar-refractivity contribution in [1.82, 2.24) is 9.71 Å². The lowest BCUT2D eigenvalue weighted by Crippen LogP contribution is -2.23. The largest absolute Gasteiger partial charge is 0.326 e. The Kier molecular flexibility index (Phi) is 6.45. The topological polar surface area (TPSA) is 88.2 Å². The van der Waals surface area contributed by atoms with E-state index in [0.29, 0.717) is 5.69 Å². The van der Waals surface area contributed by atoms with Crippen LogP contribution < -0.4 is 10.0 Å². The van der Waals surface area contributed by atoms with Crippen molar-refractivity contribution in [2.75, 3.05) is 5.32 Å². The van der Waals surface area contributed by atoms with E-state index in [9.17, 15) is 13.2 Å². The molecule has 1 aromatic heterocycles. The normalized spacial score (nSPS) is 11.3. The lowest BCUT2D eigenvalue weighted by molar-refractivity contribution is -0.114. The lowest BCUT2D eigenvalue weighted by atomic mass is 10.1. The van der Waals surface area contributed by atoms with E-state index < -0.39 is 10.0 Å². The third-order valence-corrected chi connectivity index (χ3v) is 7.03. The van der Waals surface area contributed by atoms with Crippen molar-refractivity contribution in [3.8, 4) is 21.8 Å². The van der Waals surface area contributed by atoms with E-state index in [2.05, 4.69) is 10.0 Å². The maximum absolute atomic E-state index is 12.6. The SMILES string of the molecule is CC(=O)Nc1ccc(S(=O)(=O)NCc2ccc(-c3nc(-c4ccccc4)cs3)cc2)cc1. The quantitative estimate of drug-likeness (QED) is 0.407. The van der Waals surface area contributed by atoms with Crippen molar-refractivity contribution in [2.45, 2.75) is 18.4 Å². The Hall–Kier alpha value is -3.33. The Morgan fingerprint density at radius 2 is 1.59 bits per heavy atom. The summed E-state index contributed by atoms with van der Waals surface area (Å²) in [7, 11) is -3.67. The molecule has 0 fully saturated rings. The van der Waals surface area contributed by atoms with Gasteiger partial charge in [-0.05, 0) is 29.8 Å². The molecule has 162 valence electrons. The second-order valence-electron chi connectivity index (χ2n) is 7.13. The lowest BCUT2D eigenvalue weighted by Gasteiger charge is -2.08. The molecule has 0 bridgehead atoms. The number of hydrogen-bond acceptors (Lipinski definition) is 5. The third-order valence-electron chi connectivity index (χ3n) is 4.73. The molecule has 3 aromatic carbocycles. The van der Waals surface area contributed by atoms with Crippen LogP contribution >= 0.6 is 11.3 Å². The number of carbonyl (C=O) groups excluding carboxylic acids is 1. The van der Waals surface area contributed by atoms with Gasteiger partial charge in [-0.2, -0.15) is 0 Å². The number of anilines is 1. The van der Waals surface area contributed by atoms with Gasteiger partial charge in [0.2, 0.25) is 15.9 Å². The molecule has 8 heteroatoms. The van der Waals surface area contributed by atoms with Crippen LogP contribution in [-0.4, -0.2) is 19.3 Å². The number of thiazole rings is 1. The summed E-state index contributed by atoms with van der Waals surface area (Å²) in [6.07, 6.45) is 0. The molecule has 0 aliphatic heterocycles. The summed E-state index contributed by atoms with van der Waals surface area (Å²) in [6.45, 7) is 1.57. The van der Waals surface area contributed by atoms with Crippen molar-refractivity contribution in [3.05, 3.63) is 89.8 Å². The molecule has 0 aliphatic rings. The molecule has 1 amide bonds. The minimum absolute atomic E-state index is 0.138. The van der Waals surface area contributed by atoms with Gasteiger partial charge in [-0.15, -0.1) is 11.3 Å². The van der Waals surface area contributed by atoms with Gasteiger partial charge in [0.15, 0.2) is 0 Å². The highest BCUT2D eigenvalue weighted by Crippen LogP contribution is 2.29. The van der Waals surface area contributed by atoms with Gasteiger partial charge in [-0.25, -0.2) is 18.1 Å². The first-order valence-corrected chi connectivity index (χ1v) is 12.2. The molecule has 4 aromatic rings. The van der Waals surface area contributed by atoms with Crippen LogP contribution in [0.2, 0.25) is 0 Å². The molecule has 0 aliphatic carbocycles. The molecule has 32 heavy (non-hydrogen) atoms. The molecule has 0 saturated carbocycles. The maximum atomic E-state index is 12.6. The fraction of sp³-hybridized carbons (Fsp3) is 0.0833. The fourth-order valence-corrected chi connectivity index (χ4v) is 4.95. The van der Waals surface area contributed by atoms with E-state index in [1.54, 1.807) is 23.5 Å². The number of amides is 1. The number of sulfonamides is 1. The molecule has 1 heterocycles. The Morgan fingerprint density at radius 3 is 2.25 bits per heavy atom. The standard InChI is InChI=1S/C24H21N3O3S2/c1-17(28)26-21-11-13-22(14-12-21)32(29,30)25-15-18-7-9-20(10-8-18)24-27-23(16-31-24)19-5-3-2-4-6-19/h2-14,16,25H,15H2,1H3,(H,26,28). The average molecular weight is 464 g/mol. The van der Waals surface area contributed by atoms with Crippen molar-refractivity contribution >= 4 is 33.0 Å². The van der Waals surface area contributed by atoms with E-state index in [4.69, 9.17) is 4.98 Å². The predicted octanol–water partition coefficient (Wildman–Crippen LogP) is 4.91. The summed E-state index contributed by atoms with van der Waals surface area (Å²) in [6, 6.07) is 23.7. The van der Waals surface area contributed by atoms with E-state index in [1.165, 1.54) is 19.1 Å². The summed E-state index contributed by atoms with van der Waals surface area (Å²) < 4.78 is 27.7. The molecule has 0 saturated heterocycles. The van der Waals surface area contributed by atoms with Crippen LogP contribution in [0.15, 0.2) is 89.1 Å². The molecule has 0 radical (unpaired) electrons. The molecular weight excluding hydrogens is 442 g/mol. The van der Waals surface area contributed by atoms with Crippen molar-refractivity contribution < 1.29 is 13.2 Å². The molecule has 0 spiro atoms. The first-order valence-electron chi connectivity index (χ1n) is 9.88. The molecular formula is C24H21N3O3S2. The van der Waals surface area contributed by atoms with Crippen LogP contribution in [0.1, 0.15) is 12.5 Å². The molecule has 2 N–H and O–H groups in total. The second-order valence-corrected chi connectivity index (χ2v) is 9.76. The highest BCUT2D eigenvalue weighted by molar-refractivity contribution is 7.89. The first-order chi connectivity index (χ1) is 15.4. The third kappa shape index (κ3) is 5.28. The van der Waals surface area contributed by atoms with E-state index in [0.717, 1.165) is 27.4 Å². The smallest absolute Gasteiger partial charge is 0.240 e. The number of rotatable bonds is 7. The van der Waals surface area contributed by atoms with Gasteiger partial charge >= 0.3 is 0 Å². The Bertz CT molecular complexity index is 1320. The molecule has 4 rings (SSSR count). The summed E-state index contributed by atoms with van der Waals surface area (Å²) in [5.74, 6) is -0.212. The maximum Gasteiger partial charge on any atom is 0.240 e. The number of carbonyl (C=O) groups is 1. The molecule has 0 unspecified atom stereocenters. The van der Waals surface area contributed by atoms with Gasteiger partial charge < -0.3 is 5.32 Å². The monoisotopic (exact) mass is 463 g/mol. The Morgan fingerprint density at radius 1 is 0.906 bits per heavy atom. The summed E-state index contributed by atoms with van der Waals surface area (Å²) >= 11 is 1.57. The van der Waals surface area contributed by atoms with Gasteiger partial charge in [0.1, 0.15) is 5.01 Å². The number of nitrogens with one attached hydrogen (secondary N) is 2.